The molecule has 0 aliphatic heterocycles. The summed E-state index contributed by atoms with van der Waals surface area (Å²) in [6.07, 6.45) is 3.84. The fourth-order valence-electron chi connectivity index (χ4n) is 3.19. The van der Waals surface area contributed by atoms with Gasteiger partial charge in [0.2, 0.25) is 0 Å². The standard InChI is InChI=1S/C15H20N2OS/c1-9-5-10(2)7-11(6-9)18-12-3-4-13-15(14(12)16)17-8-19-13/h3-4,8-11H,5-7,16H2,1-2H3. The third-order valence-corrected chi connectivity index (χ3v) is 4.72. The second kappa shape index (κ2) is 5.00. The van der Waals surface area contributed by atoms with E-state index in [1.807, 2.05) is 17.6 Å². The average molecular weight is 276 g/mol. The second-order valence-electron chi connectivity index (χ2n) is 5.83. The molecule has 4 heteroatoms. The SMILES string of the molecule is CC1CC(C)CC(Oc2ccc3scnc3c2N)C1. The van der Waals surface area contributed by atoms with E-state index in [4.69, 9.17) is 10.5 Å². The largest absolute Gasteiger partial charge is 0.488 e. The van der Waals surface area contributed by atoms with Crippen molar-refractivity contribution in [2.45, 2.75) is 39.2 Å². The third-order valence-electron chi connectivity index (χ3n) is 3.93. The minimum absolute atomic E-state index is 0.289. The molecular weight excluding hydrogens is 256 g/mol. The van der Waals surface area contributed by atoms with Crippen molar-refractivity contribution in [1.29, 1.82) is 0 Å². The predicted octanol–water partition coefficient (Wildman–Crippen LogP) is 4.08. The maximum absolute atomic E-state index is 6.17. The monoisotopic (exact) mass is 276 g/mol. The number of anilines is 1. The zero-order valence-corrected chi connectivity index (χ0v) is 12.2. The smallest absolute Gasteiger partial charge is 0.144 e. The summed E-state index contributed by atoms with van der Waals surface area (Å²) in [6, 6.07) is 4.04. The highest BCUT2D eigenvalue weighted by molar-refractivity contribution is 7.16. The van der Waals surface area contributed by atoms with Crippen LogP contribution in [0.1, 0.15) is 33.1 Å². The van der Waals surface area contributed by atoms with Crippen LogP contribution in [0.2, 0.25) is 0 Å². The first-order valence-corrected chi connectivity index (χ1v) is 7.79. The maximum Gasteiger partial charge on any atom is 0.144 e. The van der Waals surface area contributed by atoms with E-state index in [1.54, 1.807) is 11.3 Å². The molecule has 2 atom stereocenters. The van der Waals surface area contributed by atoms with Crippen molar-refractivity contribution in [3.63, 3.8) is 0 Å². The molecule has 0 bridgehead atoms. The number of rotatable bonds is 2. The Morgan fingerprint density at radius 2 is 1.95 bits per heavy atom. The van der Waals surface area contributed by atoms with Gasteiger partial charge in [0, 0.05) is 0 Å². The highest BCUT2D eigenvalue weighted by Crippen LogP contribution is 2.36. The normalized spacial score (nSPS) is 27.6. The van der Waals surface area contributed by atoms with Crippen molar-refractivity contribution in [3.05, 3.63) is 17.6 Å². The Morgan fingerprint density at radius 3 is 2.68 bits per heavy atom. The van der Waals surface area contributed by atoms with Crippen LogP contribution >= 0.6 is 11.3 Å². The van der Waals surface area contributed by atoms with E-state index in [9.17, 15) is 0 Å². The van der Waals surface area contributed by atoms with Gasteiger partial charge in [-0.2, -0.15) is 0 Å². The number of fused-ring (bicyclic) bond motifs is 1. The van der Waals surface area contributed by atoms with E-state index in [0.29, 0.717) is 5.69 Å². The van der Waals surface area contributed by atoms with Crippen molar-refractivity contribution < 1.29 is 4.74 Å². The number of thiazole rings is 1. The molecule has 2 unspecified atom stereocenters. The van der Waals surface area contributed by atoms with Gasteiger partial charge in [0.1, 0.15) is 17.0 Å². The molecule has 0 saturated heterocycles. The molecule has 1 aromatic carbocycles. The number of nitrogens with two attached hydrogens (primary N) is 1. The molecule has 102 valence electrons. The molecule has 1 fully saturated rings. The molecule has 1 aromatic heterocycles. The van der Waals surface area contributed by atoms with Gasteiger partial charge in [0.15, 0.2) is 0 Å². The van der Waals surface area contributed by atoms with Crippen LogP contribution in [0.15, 0.2) is 17.6 Å². The van der Waals surface area contributed by atoms with Crippen LogP contribution in [-0.4, -0.2) is 11.1 Å². The van der Waals surface area contributed by atoms with Gasteiger partial charge in [-0.05, 0) is 43.2 Å². The molecule has 3 rings (SSSR count). The van der Waals surface area contributed by atoms with Gasteiger partial charge >= 0.3 is 0 Å². The average Bonchev–Trinajstić information content (AvgIpc) is 2.80. The lowest BCUT2D eigenvalue weighted by atomic mass is 9.82. The summed E-state index contributed by atoms with van der Waals surface area (Å²) in [5.41, 5.74) is 9.56. The number of ether oxygens (including phenoxy) is 1. The Balaban J connectivity index is 1.82. The maximum atomic E-state index is 6.17. The molecule has 0 radical (unpaired) electrons. The lowest BCUT2D eigenvalue weighted by molar-refractivity contribution is 0.102. The fraction of sp³-hybridized carbons (Fsp3) is 0.533. The Morgan fingerprint density at radius 1 is 1.21 bits per heavy atom. The highest BCUT2D eigenvalue weighted by Gasteiger charge is 2.26. The van der Waals surface area contributed by atoms with Crippen LogP contribution in [-0.2, 0) is 0 Å². The summed E-state index contributed by atoms with van der Waals surface area (Å²) < 4.78 is 7.26. The lowest BCUT2D eigenvalue weighted by Crippen LogP contribution is -2.28. The van der Waals surface area contributed by atoms with E-state index < -0.39 is 0 Å². The summed E-state index contributed by atoms with van der Waals surface area (Å²) in [7, 11) is 0. The summed E-state index contributed by atoms with van der Waals surface area (Å²) in [5.74, 6) is 2.26. The van der Waals surface area contributed by atoms with Crippen molar-refractivity contribution >= 4 is 27.2 Å². The molecule has 0 amide bonds. The minimum atomic E-state index is 0.289. The van der Waals surface area contributed by atoms with Crippen LogP contribution in [0.4, 0.5) is 5.69 Å². The molecule has 19 heavy (non-hydrogen) atoms. The molecule has 3 nitrogen and oxygen atoms in total. The number of hydrogen-bond donors (Lipinski definition) is 1. The topological polar surface area (TPSA) is 48.1 Å². The lowest BCUT2D eigenvalue weighted by Gasteiger charge is -2.32. The first kappa shape index (κ1) is 12.7. The Hall–Kier alpha value is -1.29. The van der Waals surface area contributed by atoms with Gasteiger partial charge in [0.25, 0.3) is 0 Å². The molecule has 0 spiro atoms. The molecule has 1 saturated carbocycles. The van der Waals surface area contributed by atoms with Crippen LogP contribution < -0.4 is 10.5 Å². The van der Waals surface area contributed by atoms with Crippen LogP contribution in [0.25, 0.3) is 10.2 Å². The third kappa shape index (κ3) is 2.54. The molecule has 1 heterocycles. The van der Waals surface area contributed by atoms with Crippen molar-refractivity contribution in [3.8, 4) is 5.75 Å². The van der Waals surface area contributed by atoms with Gasteiger partial charge in [-0.1, -0.05) is 13.8 Å². The molecular formula is C15H20N2OS. The first-order chi connectivity index (χ1) is 9.13. The Bertz CT molecular complexity index is 571. The zero-order chi connectivity index (χ0) is 13.4. The molecule has 1 aliphatic carbocycles. The molecule has 2 aromatic rings. The second-order valence-corrected chi connectivity index (χ2v) is 6.72. The summed E-state index contributed by atoms with van der Waals surface area (Å²) in [4.78, 5) is 4.32. The van der Waals surface area contributed by atoms with Gasteiger partial charge in [-0.3, -0.25) is 0 Å². The Kier molecular flexibility index (Phi) is 3.35. The van der Waals surface area contributed by atoms with Crippen LogP contribution in [0.5, 0.6) is 5.75 Å². The van der Waals surface area contributed by atoms with E-state index >= 15 is 0 Å². The van der Waals surface area contributed by atoms with Crippen molar-refractivity contribution in [2.75, 3.05) is 5.73 Å². The van der Waals surface area contributed by atoms with E-state index in [2.05, 4.69) is 18.8 Å². The summed E-state index contributed by atoms with van der Waals surface area (Å²) >= 11 is 1.61. The Labute approximate surface area is 117 Å². The predicted molar refractivity (Wildman–Crippen MR) is 80.6 cm³/mol. The molecule has 1 aliphatic rings. The zero-order valence-electron chi connectivity index (χ0n) is 11.4. The molecule has 2 N–H and O–H groups in total. The number of benzene rings is 1. The van der Waals surface area contributed by atoms with Crippen molar-refractivity contribution in [1.82, 2.24) is 4.98 Å². The van der Waals surface area contributed by atoms with E-state index in [1.165, 1.54) is 6.42 Å². The minimum Gasteiger partial charge on any atom is -0.488 e. The van der Waals surface area contributed by atoms with Gasteiger partial charge in [-0.15, -0.1) is 11.3 Å². The van der Waals surface area contributed by atoms with Crippen LogP contribution in [0.3, 0.4) is 0 Å². The quantitative estimate of drug-likeness (QED) is 0.841. The van der Waals surface area contributed by atoms with Gasteiger partial charge in [-0.25, -0.2) is 4.98 Å². The number of aromatic nitrogens is 1. The number of nitrogen functional groups attached to an aromatic ring is 1. The van der Waals surface area contributed by atoms with E-state index in [-0.39, 0.29) is 6.10 Å². The first-order valence-electron chi connectivity index (χ1n) is 6.92. The van der Waals surface area contributed by atoms with Crippen molar-refractivity contribution in [2.24, 2.45) is 11.8 Å². The number of nitrogens with zero attached hydrogens (tertiary/aromatic N) is 1. The summed E-state index contributed by atoms with van der Waals surface area (Å²) in [5, 5.41) is 0. The van der Waals surface area contributed by atoms with Gasteiger partial charge < -0.3 is 10.5 Å². The highest BCUT2D eigenvalue weighted by atomic mass is 32.1. The van der Waals surface area contributed by atoms with Gasteiger partial charge in [0.05, 0.1) is 16.3 Å². The number of hydrogen-bond acceptors (Lipinski definition) is 4. The fourth-order valence-corrected chi connectivity index (χ4v) is 3.88. The summed E-state index contributed by atoms with van der Waals surface area (Å²) in [6.45, 7) is 4.61. The van der Waals surface area contributed by atoms with Crippen LogP contribution in [0, 0.1) is 11.8 Å². The van der Waals surface area contributed by atoms with E-state index in [0.717, 1.165) is 40.6 Å².